The van der Waals surface area contributed by atoms with Gasteiger partial charge >= 0.3 is 0 Å². The zero-order valence-electron chi connectivity index (χ0n) is 13.3. The molecule has 2 aromatic rings. The predicted molar refractivity (Wildman–Crippen MR) is 102 cm³/mol. The van der Waals surface area contributed by atoms with Gasteiger partial charge < -0.3 is 15.4 Å². The third-order valence-electron chi connectivity index (χ3n) is 3.30. The summed E-state index contributed by atoms with van der Waals surface area (Å²) in [6.45, 7) is 1.81. The molecule has 2 aromatic carbocycles. The number of hydrogen-bond acceptors (Lipinski definition) is 3. The van der Waals surface area contributed by atoms with Gasteiger partial charge in [-0.15, -0.1) is 0 Å². The van der Waals surface area contributed by atoms with Crippen molar-refractivity contribution >= 4 is 40.1 Å². The Hall–Kier alpha value is -2.09. The Morgan fingerprint density at radius 2 is 1.75 bits per heavy atom. The number of halogens is 1. The molecule has 0 aliphatic rings. The van der Waals surface area contributed by atoms with Gasteiger partial charge in [0.15, 0.2) is 6.61 Å². The number of aryl methyl sites for hydroxylation is 1. The Kier molecular flexibility index (Phi) is 7.05. The number of carbonyl (C=O) groups is 2. The SMILES string of the molecule is CCc1ccccc1NC(=O)CNC(=O)COc1ccc(I)cc1. The second kappa shape index (κ2) is 9.27. The van der Waals surface area contributed by atoms with E-state index in [-0.39, 0.29) is 25.0 Å². The van der Waals surface area contributed by atoms with Crippen molar-refractivity contribution in [2.45, 2.75) is 13.3 Å². The van der Waals surface area contributed by atoms with Crippen LogP contribution in [-0.4, -0.2) is 25.0 Å². The Labute approximate surface area is 154 Å². The molecule has 0 aliphatic heterocycles. The quantitative estimate of drug-likeness (QED) is 0.654. The Bertz CT molecular complexity index is 702. The number of nitrogens with one attached hydrogen (secondary N) is 2. The van der Waals surface area contributed by atoms with Crippen LogP contribution in [-0.2, 0) is 16.0 Å². The zero-order valence-corrected chi connectivity index (χ0v) is 15.5. The Morgan fingerprint density at radius 3 is 2.46 bits per heavy atom. The lowest BCUT2D eigenvalue weighted by Crippen LogP contribution is -2.35. The summed E-state index contributed by atoms with van der Waals surface area (Å²) in [6, 6.07) is 15.0. The van der Waals surface area contributed by atoms with E-state index in [2.05, 4.69) is 33.2 Å². The third kappa shape index (κ3) is 5.84. The van der Waals surface area contributed by atoms with Crippen LogP contribution < -0.4 is 15.4 Å². The van der Waals surface area contributed by atoms with Crippen LogP contribution in [0.15, 0.2) is 48.5 Å². The van der Waals surface area contributed by atoms with Crippen LogP contribution in [0.3, 0.4) is 0 Å². The lowest BCUT2D eigenvalue weighted by molar-refractivity contribution is -0.125. The fraction of sp³-hybridized carbons (Fsp3) is 0.222. The molecule has 0 fully saturated rings. The molecule has 0 saturated heterocycles. The summed E-state index contributed by atoms with van der Waals surface area (Å²) in [5.74, 6) is 0.0119. The van der Waals surface area contributed by atoms with Crippen molar-refractivity contribution in [2.24, 2.45) is 0 Å². The molecular weight excluding hydrogens is 419 g/mol. The summed E-state index contributed by atoms with van der Waals surface area (Å²) in [4.78, 5) is 23.7. The van der Waals surface area contributed by atoms with Gasteiger partial charge in [-0.3, -0.25) is 9.59 Å². The highest BCUT2D eigenvalue weighted by molar-refractivity contribution is 14.1. The van der Waals surface area contributed by atoms with Crippen molar-refractivity contribution in [2.75, 3.05) is 18.5 Å². The summed E-state index contributed by atoms with van der Waals surface area (Å²) < 4.78 is 6.45. The smallest absolute Gasteiger partial charge is 0.258 e. The van der Waals surface area contributed by atoms with Gasteiger partial charge in [-0.2, -0.15) is 0 Å². The molecule has 0 atom stereocenters. The number of para-hydroxylation sites is 1. The van der Waals surface area contributed by atoms with Crippen LogP contribution in [0.4, 0.5) is 5.69 Å². The van der Waals surface area contributed by atoms with Gasteiger partial charge in [0.05, 0.1) is 6.54 Å². The lowest BCUT2D eigenvalue weighted by Gasteiger charge is -2.10. The molecule has 0 unspecified atom stereocenters. The molecule has 126 valence electrons. The van der Waals surface area contributed by atoms with E-state index in [1.54, 1.807) is 12.1 Å². The van der Waals surface area contributed by atoms with E-state index in [1.165, 1.54) is 0 Å². The molecule has 0 spiro atoms. The van der Waals surface area contributed by atoms with Crippen molar-refractivity contribution in [3.63, 3.8) is 0 Å². The van der Waals surface area contributed by atoms with Gasteiger partial charge in [0, 0.05) is 9.26 Å². The second-order valence-corrected chi connectivity index (χ2v) is 6.32. The molecule has 0 saturated carbocycles. The first-order valence-corrected chi connectivity index (χ1v) is 8.69. The van der Waals surface area contributed by atoms with Crippen molar-refractivity contribution in [1.29, 1.82) is 0 Å². The van der Waals surface area contributed by atoms with E-state index in [0.29, 0.717) is 5.75 Å². The average Bonchev–Trinajstić information content (AvgIpc) is 2.60. The number of anilines is 1. The summed E-state index contributed by atoms with van der Waals surface area (Å²) >= 11 is 2.19. The number of carbonyl (C=O) groups excluding carboxylic acids is 2. The fourth-order valence-corrected chi connectivity index (χ4v) is 2.41. The monoisotopic (exact) mass is 438 g/mol. The van der Waals surface area contributed by atoms with Gasteiger partial charge in [-0.1, -0.05) is 25.1 Å². The van der Waals surface area contributed by atoms with E-state index in [9.17, 15) is 9.59 Å². The maximum absolute atomic E-state index is 11.9. The molecular formula is C18H19IN2O3. The zero-order chi connectivity index (χ0) is 17.4. The number of benzene rings is 2. The third-order valence-corrected chi connectivity index (χ3v) is 4.02. The normalized spacial score (nSPS) is 10.1. The molecule has 0 heterocycles. The van der Waals surface area contributed by atoms with E-state index in [0.717, 1.165) is 21.2 Å². The Morgan fingerprint density at radius 1 is 1.04 bits per heavy atom. The van der Waals surface area contributed by atoms with Crippen molar-refractivity contribution in [3.8, 4) is 5.75 Å². The molecule has 6 heteroatoms. The predicted octanol–water partition coefficient (Wildman–Crippen LogP) is 2.99. The van der Waals surface area contributed by atoms with Crippen molar-refractivity contribution < 1.29 is 14.3 Å². The number of ether oxygens (including phenoxy) is 1. The van der Waals surface area contributed by atoms with Gasteiger partial charge in [0.1, 0.15) is 5.75 Å². The highest BCUT2D eigenvalue weighted by atomic mass is 127. The maximum Gasteiger partial charge on any atom is 0.258 e. The maximum atomic E-state index is 11.9. The van der Waals surface area contributed by atoms with E-state index in [4.69, 9.17) is 4.74 Å². The minimum atomic E-state index is -0.340. The van der Waals surface area contributed by atoms with Gasteiger partial charge in [-0.25, -0.2) is 0 Å². The fourth-order valence-electron chi connectivity index (χ4n) is 2.05. The highest BCUT2D eigenvalue weighted by Crippen LogP contribution is 2.15. The minimum Gasteiger partial charge on any atom is -0.484 e. The number of hydrogen-bond donors (Lipinski definition) is 2. The molecule has 0 aromatic heterocycles. The van der Waals surface area contributed by atoms with Crippen LogP contribution in [0.2, 0.25) is 0 Å². The van der Waals surface area contributed by atoms with Crippen molar-refractivity contribution in [3.05, 3.63) is 57.7 Å². The molecule has 24 heavy (non-hydrogen) atoms. The molecule has 0 radical (unpaired) electrons. The molecule has 0 bridgehead atoms. The van der Waals surface area contributed by atoms with Crippen LogP contribution >= 0.6 is 22.6 Å². The highest BCUT2D eigenvalue weighted by Gasteiger charge is 2.08. The van der Waals surface area contributed by atoms with Gasteiger partial charge in [-0.05, 0) is 64.9 Å². The van der Waals surface area contributed by atoms with Crippen LogP contribution in [0.25, 0.3) is 0 Å². The second-order valence-electron chi connectivity index (χ2n) is 5.08. The molecule has 2 rings (SSSR count). The largest absolute Gasteiger partial charge is 0.484 e. The number of rotatable bonds is 7. The van der Waals surface area contributed by atoms with Crippen molar-refractivity contribution in [1.82, 2.24) is 5.32 Å². The first kappa shape index (κ1) is 18.3. The first-order valence-electron chi connectivity index (χ1n) is 7.61. The first-order chi connectivity index (χ1) is 11.6. The van der Waals surface area contributed by atoms with Crippen LogP contribution in [0.5, 0.6) is 5.75 Å². The summed E-state index contributed by atoms with van der Waals surface area (Å²) in [5, 5.41) is 5.35. The van der Waals surface area contributed by atoms with Crippen LogP contribution in [0.1, 0.15) is 12.5 Å². The van der Waals surface area contributed by atoms with Gasteiger partial charge in [0.2, 0.25) is 5.91 Å². The average molecular weight is 438 g/mol. The molecule has 0 aliphatic carbocycles. The van der Waals surface area contributed by atoms with E-state index >= 15 is 0 Å². The lowest BCUT2D eigenvalue weighted by atomic mass is 10.1. The topological polar surface area (TPSA) is 67.4 Å². The minimum absolute atomic E-state index is 0.0903. The number of amides is 2. The standard InChI is InChI=1S/C18H19IN2O3/c1-2-13-5-3-4-6-16(13)21-17(22)11-20-18(23)12-24-15-9-7-14(19)8-10-15/h3-10H,2,11-12H2,1H3,(H,20,23)(H,21,22). The Balaban J connectivity index is 1.74. The van der Waals surface area contributed by atoms with Gasteiger partial charge in [0.25, 0.3) is 5.91 Å². The van der Waals surface area contributed by atoms with E-state index in [1.807, 2.05) is 43.3 Å². The molecule has 5 nitrogen and oxygen atoms in total. The summed E-state index contributed by atoms with van der Waals surface area (Å²) in [7, 11) is 0. The summed E-state index contributed by atoms with van der Waals surface area (Å²) in [6.07, 6.45) is 0.826. The van der Waals surface area contributed by atoms with Crippen LogP contribution in [0, 0.1) is 3.57 Å². The van der Waals surface area contributed by atoms with E-state index < -0.39 is 0 Å². The molecule has 2 amide bonds. The molecule has 2 N–H and O–H groups in total. The summed E-state index contributed by atoms with van der Waals surface area (Å²) in [5.41, 5.74) is 1.83.